The molecular formula is C21H34N2O5. The van der Waals surface area contributed by atoms with Crippen LogP contribution in [0.25, 0.3) is 0 Å². The number of methoxy groups -OCH3 is 1. The zero-order chi connectivity index (χ0) is 20.1. The van der Waals surface area contributed by atoms with Gasteiger partial charge in [-0.2, -0.15) is 0 Å². The third-order valence-corrected chi connectivity index (χ3v) is 6.80. The van der Waals surface area contributed by atoms with Gasteiger partial charge in [0.15, 0.2) is 0 Å². The number of carbonyl (C=O) groups excluding carboxylic acids is 2. The van der Waals surface area contributed by atoms with Gasteiger partial charge in [0.05, 0.1) is 6.10 Å². The standard InChI is InChI=1S/C21H34N2O5/c1-28-17-12-18(21(26)27)23(13-17)20(25)15-7-9-16(10-8-15)22-19(24)11-14-5-3-2-4-6-14/h14-18H,2-13H2,1H3,(H,22,24)(H,26,27). The first-order chi connectivity index (χ1) is 13.5. The number of amides is 2. The van der Waals surface area contributed by atoms with Crippen LogP contribution in [0.1, 0.15) is 70.6 Å². The van der Waals surface area contributed by atoms with Crippen molar-refractivity contribution in [2.24, 2.45) is 11.8 Å². The van der Waals surface area contributed by atoms with Crippen LogP contribution in [0.5, 0.6) is 0 Å². The monoisotopic (exact) mass is 394 g/mol. The second-order valence-corrected chi connectivity index (χ2v) is 8.76. The maximum absolute atomic E-state index is 12.9. The molecule has 7 heteroatoms. The zero-order valence-corrected chi connectivity index (χ0v) is 16.9. The van der Waals surface area contributed by atoms with E-state index in [0.29, 0.717) is 38.1 Å². The Labute approximate surface area is 167 Å². The Morgan fingerprint density at radius 1 is 1.04 bits per heavy atom. The second-order valence-electron chi connectivity index (χ2n) is 8.76. The summed E-state index contributed by atoms with van der Waals surface area (Å²) >= 11 is 0. The van der Waals surface area contributed by atoms with Crippen molar-refractivity contribution >= 4 is 17.8 Å². The molecule has 0 aromatic rings. The van der Waals surface area contributed by atoms with E-state index in [1.54, 1.807) is 7.11 Å². The fourth-order valence-corrected chi connectivity index (χ4v) is 5.11. The van der Waals surface area contributed by atoms with Gasteiger partial charge in [-0.3, -0.25) is 9.59 Å². The molecule has 3 rings (SSSR count). The predicted octanol–water partition coefficient (Wildman–Crippen LogP) is 2.33. The minimum absolute atomic E-state index is 0.0704. The van der Waals surface area contributed by atoms with E-state index in [9.17, 15) is 19.5 Å². The second kappa shape index (κ2) is 9.72. The van der Waals surface area contributed by atoms with E-state index >= 15 is 0 Å². The molecule has 1 saturated heterocycles. The Kier molecular flexibility index (Phi) is 7.32. The fourth-order valence-electron chi connectivity index (χ4n) is 5.11. The number of likely N-dealkylation sites (tertiary alicyclic amines) is 1. The van der Waals surface area contributed by atoms with Crippen LogP contribution >= 0.6 is 0 Å². The highest BCUT2D eigenvalue weighted by Crippen LogP contribution is 2.31. The Balaban J connectivity index is 1.44. The quantitative estimate of drug-likeness (QED) is 0.721. The molecule has 3 aliphatic rings. The van der Waals surface area contributed by atoms with Gasteiger partial charge in [0.2, 0.25) is 11.8 Å². The fraction of sp³-hybridized carbons (Fsp3) is 0.857. The van der Waals surface area contributed by atoms with Crippen LogP contribution in [0, 0.1) is 11.8 Å². The van der Waals surface area contributed by atoms with Crippen LogP contribution in [-0.2, 0) is 19.1 Å². The van der Waals surface area contributed by atoms with E-state index in [1.807, 2.05) is 0 Å². The van der Waals surface area contributed by atoms with Gasteiger partial charge in [-0.05, 0) is 44.4 Å². The Morgan fingerprint density at radius 3 is 2.32 bits per heavy atom. The summed E-state index contributed by atoms with van der Waals surface area (Å²) in [5.41, 5.74) is 0. The van der Waals surface area contributed by atoms with Gasteiger partial charge >= 0.3 is 5.97 Å². The summed E-state index contributed by atoms with van der Waals surface area (Å²) < 4.78 is 5.28. The molecule has 3 fully saturated rings. The van der Waals surface area contributed by atoms with Gasteiger partial charge in [0, 0.05) is 38.5 Å². The van der Waals surface area contributed by atoms with E-state index in [-0.39, 0.29) is 29.9 Å². The number of hydrogen-bond acceptors (Lipinski definition) is 4. The minimum Gasteiger partial charge on any atom is -0.480 e. The molecule has 0 aromatic carbocycles. The SMILES string of the molecule is COC1CC(C(=O)O)N(C(=O)C2CCC(NC(=O)CC3CCCCC3)CC2)C1. The van der Waals surface area contributed by atoms with Gasteiger partial charge in [-0.15, -0.1) is 0 Å². The number of aliphatic carboxylic acids is 1. The summed E-state index contributed by atoms with van der Waals surface area (Å²) in [6.07, 6.45) is 9.85. The molecule has 0 spiro atoms. The number of carboxylic acid groups (broad SMARTS) is 1. The van der Waals surface area contributed by atoms with Crippen molar-refractivity contribution < 1.29 is 24.2 Å². The molecular weight excluding hydrogens is 360 g/mol. The first-order valence-corrected chi connectivity index (χ1v) is 10.8. The maximum atomic E-state index is 12.9. The summed E-state index contributed by atoms with van der Waals surface area (Å²) in [6, 6.07) is -0.647. The van der Waals surface area contributed by atoms with Crippen LogP contribution in [-0.4, -0.2) is 59.6 Å². The lowest BCUT2D eigenvalue weighted by Gasteiger charge is -2.32. The average Bonchev–Trinajstić information content (AvgIpc) is 3.13. The lowest BCUT2D eigenvalue weighted by atomic mass is 9.84. The van der Waals surface area contributed by atoms with Crippen molar-refractivity contribution in [2.75, 3.05) is 13.7 Å². The molecule has 1 aliphatic heterocycles. The normalized spacial score (nSPS) is 31.5. The van der Waals surface area contributed by atoms with Crippen molar-refractivity contribution in [1.29, 1.82) is 0 Å². The first-order valence-electron chi connectivity index (χ1n) is 10.8. The molecule has 0 aromatic heterocycles. The number of hydrogen-bond donors (Lipinski definition) is 2. The molecule has 2 aliphatic carbocycles. The largest absolute Gasteiger partial charge is 0.480 e. The van der Waals surface area contributed by atoms with Crippen LogP contribution in [0.4, 0.5) is 0 Å². The lowest BCUT2D eigenvalue weighted by Crippen LogP contribution is -2.46. The molecule has 1 heterocycles. The number of carboxylic acids is 1. The van der Waals surface area contributed by atoms with Crippen molar-refractivity contribution in [2.45, 2.75) is 88.8 Å². The number of rotatable bonds is 6. The third-order valence-electron chi connectivity index (χ3n) is 6.80. The molecule has 158 valence electrons. The van der Waals surface area contributed by atoms with E-state index in [0.717, 1.165) is 25.7 Å². The molecule has 0 bridgehead atoms. The van der Waals surface area contributed by atoms with E-state index in [4.69, 9.17) is 4.74 Å². The highest BCUT2D eigenvalue weighted by molar-refractivity contribution is 5.86. The van der Waals surface area contributed by atoms with E-state index in [1.165, 1.54) is 24.2 Å². The van der Waals surface area contributed by atoms with Gasteiger partial charge in [0.1, 0.15) is 6.04 Å². The summed E-state index contributed by atoms with van der Waals surface area (Å²) in [4.78, 5) is 38.2. The minimum atomic E-state index is -0.962. The van der Waals surface area contributed by atoms with Crippen LogP contribution in [0.2, 0.25) is 0 Å². The first kappa shape index (κ1) is 21.1. The smallest absolute Gasteiger partial charge is 0.326 e. The van der Waals surface area contributed by atoms with E-state index < -0.39 is 12.0 Å². The van der Waals surface area contributed by atoms with Crippen molar-refractivity contribution in [3.8, 4) is 0 Å². The summed E-state index contributed by atoms with van der Waals surface area (Å²) in [7, 11) is 1.55. The number of nitrogens with one attached hydrogen (secondary N) is 1. The van der Waals surface area contributed by atoms with Crippen LogP contribution in [0.3, 0.4) is 0 Å². The Hall–Kier alpha value is -1.63. The molecule has 2 N–H and O–H groups in total. The number of nitrogens with zero attached hydrogens (tertiary/aromatic N) is 1. The number of carbonyl (C=O) groups is 3. The Bertz CT molecular complexity index is 567. The summed E-state index contributed by atoms with van der Waals surface area (Å²) in [6.45, 7) is 0.352. The van der Waals surface area contributed by atoms with E-state index in [2.05, 4.69) is 5.32 Å². The maximum Gasteiger partial charge on any atom is 0.326 e. The lowest BCUT2D eigenvalue weighted by molar-refractivity contribution is -0.150. The zero-order valence-electron chi connectivity index (χ0n) is 16.9. The predicted molar refractivity (Wildman–Crippen MR) is 104 cm³/mol. The highest BCUT2D eigenvalue weighted by Gasteiger charge is 2.42. The molecule has 2 amide bonds. The van der Waals surface area contributed by atoms with Gasteiger partial charge in [-0.1, -0.05) is 19.3 Å². The molecule has 2 atom stereocenters. The van der Waals surface area contributed by atoms with Gasteiger partial charge in [0.25, 0.3) is 0 Å². The third kappa shape index (κ3) is 5.25. The average molecular weight is 395 g/mol. The molecule has 28 heavy (non-hydrogen) atoms. The van der Waals surface area contributed by atoms with Crippen molar-refractivity contribution in [1.82, 2.24) is 10.2 Å². The van der Waals surface area contributed by atoms with Crippen molar-refractivity contribution in [3.63, 3.8) is 0 Å². The topological polar surface area (TPSA) is 95.9 Å². The van der Waals surface area contributed by atoms with Gasteiger partial charge < -0.3 is 20.1 Å². The highest BCUT2D eigenvalue weighted by atomic mass is 16.5. The molecule has 2 unspecified atom stereocenters. The van der Waals surface area contributed by atoms with Crippen molar-refractivity contribution in [3.05, 3.63) is 0 Å². The molecule has 7 nitrogen and oxygen atoms in total. The Morgan fingerprint density at radius 2 is 1.71 bits per heavy atom. The summed E-state index contributed by atoms with van der Waals surface area (Å²) in [5, 5.41) is 12.6. The number of ether oxygens (including phenoxy) is 1. The van der Waals surface area contributed by atoms with Gasteiger partial charge in [-0.25, -0.2) is 4.79 Å². The summed E-state index contributed by atoms with van der Waals surface area (Å²) in [5.74, 6) is -0.502. The molecule has 2 saturated carbocycles. The van der Waals surface area contributed by atoms with Crippen LogP contribution < -0.4 is 5.32 Å². The van der Waals surface area contributed by atoms with Crippen LogP contribution in [0.15, 0.2) is 0 Å². The molecule has 0 radical (unpaired) electrons.